The lowest BCUT2D eigenvalue weighted by molar-refractivity contribution is 0.414. The molecule has 142 valence electrons. The minimum Gasteiger partial charge on any atom is -0.497 e. The summed E-state index contributed by atoms with van der Waals surface area (Å²) in [7, 11) is 1.69. The fraction of sp³-hybridized carbons (Fsp3) is 0.350. The molecule has 0 aliphatic rings. The minimum atomic E-state index is 0.469. The van der Waals surface area contributed by atoms with Crippen LogP contribution in [0.15, 0.2) is 53.7 Å². The fourth-order valence-corrected chi connectivity index (χ4v) is 2.82. The molecule has 0 fully saturated rings. The first-order valence-corrected chi connectivity index (χ1v) is 9.24. The Balaban J connectivity index is 1.53. The lowest BCUT2D eigenvalue weighted by Crippen LogP contribution is -2.37. The molecule has 0 spiro atoms. The van der Waals surface area contributed by atoms with Crippen molar-refractivity contribution in [3.63, 3.8) is 0 Å². The second-order valence-corrected chi connectivity index (χ2v) is 6.12. The van der Waals surface area contributed by atoms with Crippen molar-refractivity contribution in [2.24, 2.45) is 4.99 Å². The molecular weight excluding hydrogens is 340 g/mol. The van der Waals surface area contributed by atoms with Crippen LogP contribution in [-0.2, 0) is 13.0 Å². The number of fused-ring (bicyclic) bond motifs is 1. The van der Waals surface area contributed by atoms with Crippen LogP contribution in [-0.4, -0.2) is 40.8 Å². The van der Waals surface area contributed by atoms with Gasteiger partial charge < -0.3 is 15.4 Å². The zero-order chi connectivity index (χ0) is 18.9. The average molecular weight is 366 g/mol. The van der Waals surface area contributed by atoms with Crippen molar-refractivity contribution in [3.8, 4) is 5.75 Å². The largest absolute Gasteiger partial charge is 0.497 e. The first-order chi connectivity index (χ1) is 13.3. The number of nitrogens with one attached hydrogen (secondary N) is 2. The Morgan fingerprint density at radius 1 is 1.15 bits per heavy atom. The molecule has 0 radical (unpaired) electrons. The monoisotopic (exact) mass is 366 g/mol. The number of hydrogen-bond donors (Lipinski definition) is 2. The van der Waals surface area contributed by atoms with E-state index in [1.165, 1.54) is 5.56 Å². The van der Waals surface area contributed by atoms with E-state index in [1.807, 2.05) is 40.9 Å². The van der Waals surface area contributed by atoms with Crippen molar-refractivity contribution in [3.05, 3.63) is 60.0 Å². The highest BCUT2D eigenvalue weighted by atomic mass is 16.5. The molecular formula is C20H26N6O. The Bertz CT molecular complexity index is 889. The number of nitrogens with zero attached hydrogens (tertiary/aromatic N) is 4. The van der Waals surface area contributed by atoms with Crippen LogP contribution in [0.25, 0.3) is 5.65 Å². The van der Waals surface area contributed by atoms with Crippen molar-refractivity contribution >= 4 is 11.6 Å². The summed E-state index contributed by atoms with van der Waals surface area (Å²) in [4.78, 5) is 4.63. The molecule has 0 amide bonds. The Labute approximate surface area is 159 Å². The molecule has 7 nitrogen and oxygen atoms in total. The van der Waals surface area contributed by atoms with Gasteiger partial charge in [0.1, 0.15) is 12.3 Å². The summed E-state index contributed by atoms with van der Waals surface area (Å²) >= 11 is 0. The highest BCUT2D eigenvalue weighted by Gasteiger charge is 2.04. The van der Waals surface area contributed by atoms with Crippen LogP contribution >= 0.6 is 0 Å². The number of hydrogen-bond acceptors (Lipinski definition) is 4. The van der Waals surface area contributed by atoms with E-state index in [0.717, 1.165) is 49.1 Å². The first-order valence-electron chi connectivity index (χ1n) is 9.24. The normalized spacial score (nSPS) is 11.6. The second kappa shape index (κ2) is 9.56. The van der Waals surface area contributed by atoms with Crippen LogP contribution in [0.1, 0.15) is 24.7 Å². The topological polar surface area (TPSA) is 75.8 Å². The van der Waals surface area contributed by atoms with Crippen molar-refractivity contribution in [1.29, 1.82) is 0 Å². The van der Waals surface area contributed by atoms with Crippen LogP contribution in [0.5, 0.6) is 5.75 Å². The van der Waals surface area contributed by atoms with Gasteiger partial charge in [-0.05, 0) is 49.6 Å². The molecule has 7 heteroatoms. The summed E-state index contributed by atoms with van der Waals surface area (Å²) < 4.78 is 7.23. The van der Waals surface area contributed by atoms with Crippen LogP contribution in [0, 0.1) is 0 Å². The third kappa shape index (κ3) is 5.20. The van der Waals surface area contributed by atoms with Gasteiger partial charge in [-0.25, -0.2) is 4.99 Å². The van der Waals surface area contributed by atoms with Crippen molar-refractivity contribution < 1.29 is 4.74 Å². The van der Waals surface area contributed by atoms with Gasteiger partial charge in [0, 0.05) is 19.3 Å². The van der Waals surface area contributed by atoms with Gasteiger partial charge in [0.15, 0.2) is 17.4 Å². The minimum absolute atomic E-state index is 0.469. The van der Waals surface area contributed by atoms with E-state index in [0.29, 0.717) is 6.54 Å². The maximum absolute atomic E-state index is 5.27. The fourth-order valence-electron chi connectivity index (χ4n) is 2.82. The molecule has 2 heterocycles. The second-order valence-electron chi connectivity index (χ2n) is 6.12. The summed E-state index contributed by atoms with van der Waals surface area (Å²) in [6.45, 7) is 4.17. The number of rotatable bonds is 8. The molecule has 3 aromatic rings. The van der Waals surface area contributed by atoms with Gasteiger partial charge in [-0.15, -0.1) is 10.2 Å². The van der Waals surface area contributed by atoms with Gasteiger partial charge in [0.25, 0.3) is 0 Å². The van der Waals surface area contributed by atoms with Crippen LogP contribution in [0.4, 0.5) is 0 Å². The summed E-state index contributed by atoms with van der Waals surface area (Å²) in [5.41, 5.74) is 2.10. The predicted octanol–water partition coefficient (Wildman–Crippen LogP) is 2.43. The van der Waals surface area contributed by atoms with Crippen molar-refractivity contribution in [1.82, 2.24) is 25.2 Å². The van der Waals surface area contributed by atoms with E-state index in [4.69, 9.17) is 4.74 Å². The maximum atomic E-state index is 5.27. The maximum Gasteiger partial charge on any atom is 0.191 e. The lowest BCUT2D eigenvalue weighted by atomic mass is 10.1. The molecule has 0 saturated heterocycles. The molecule has 2 aromatic heterocycles. The third-order valence-corrected chi connectivity index (χ3v) is 4.18. The Kier molecular flexibility index (Phi) is 6.62. The predicted molar refractivity (Wildman–Crippen MR) is 107 cm³/mol. The molecule has 0 aliphatic heterocycles. The van der Waals surface area contributed by atoms with Crippen LogP contribution < -0.4 is 15.4 Å². The van der Waals surface area contributed by atoms with Gasteiger partial charge in [-0.1, -0.05) is 18.2 Å². The number of aromatic nitrogens is 3. The van der Waals surface area contributed by atoms with Gasteiger partial charge in [0.05, 0.1) is 7.11 Å². The number of methoxy groups -OCH3 is 1. The zero-order valence-corrected chi connectivity index (χ0v) is 15.9. The van der Waals surface area contributed by atoms with E-state index in [9.17, 15) is 0 Å². The lowest BCUT2D eigenvalue weighted by Gasteiger charge is -2.11. The van der Waals surface area contributed by atoms with Crippen molar-refractivity contribution in [2.45, 2.75) is 26.3 Å². The van der Waals surface area contributed by atoms with Gasteiger partial charge in [0.2, 0.25) is 0 Å². The number of guanidine groups is 1. The molecule has 1 aromatic carbocycles. The quantitative estimate of drug-likeness (QED) is 0.364. The number of aryl methyl sites for hydroxylation is 1. The van der Waals surface area contributed by atoms with E-state index in [-0.39, 0.29) is 0 Å². The molecule has 3 rings (SSSR count). The molecule has 0 aliphatic carbocycles. The standard InChI is InChI=1S/C20H26N6O/c1-3-21-20(22-12-7-9-16-8-6-10-17(14-16)27-2)23-15-19-25-24-18-11-4-5-13-26(18)19/h4-6,8,10-11,13-14H,3,7,9,12,15H2,1-2H3,(H2,21,22,23). The smallest absolute Gasteiger partial charge is 0.191 e. The summed E-state index contributed by atoms with van der Waals surface area (Å²) in [5, 5.41) is 15.0. The SMILES string of the molecule is CCNC(=NCc1nnc2ccccn12)NCCCc1cccc(OC)c1. The van der Waals surface area contributed by atoms with Gasteiger partial charge in [-0.3, -0.25) is 4.40 Å². The van der Waals surface area contributed by atoms with Gasteiger partial charge in [-0.2, -0.15) is 0 Å². The number of benzene rings is 1. The molecule has 2 N–H and O–H groups in total. The molecule has 0 atom stereocenters. The Morgan fingerprint density at radius 3 is 2.93 bits per heavy atom. The molecule has 0 unspecified atom stereocenters. The summed E-state index contributed by atoms with van der Waals surface area (Å²) in [6, 6.07) is 14.0. The number of ether oxygens (including phenoxy) is 1. The molecule has 0 bridgehead atoms. The number of pyridine rings is 1. The summed E-state index contributed by atoms with van der Waals surface area (Å²) in [6.07, 6.45) is 3.94. The van der Waals surface area contributed by atoms with E-state index in [2.05, 4.69) is 44.9 Å². The average Bonchev–Trinajstić information content (AvgIpc) is 3.12. The number of aliphatic imine (C=N–C) groups is 1. The Hall–Kier alpha value is -3.09. The van der Waals surface area contributed by atoms with E-state index in [1.54, 1.807) is 7.11 Å². The summed E-state index contributed by atoms with van der Waals surface area (Å²) in [5.74, 6) is 2.51. The van der Waals surface area contributed by atoms with Gasteiger partial charge >= 0.3 is 0 Å². The third-order valence-electron chi connectivity index (χ3n) is 4.18. The van der Waals surface area contributed by atoms with Crippen LogP contribution in [0.3, 0.4) is 0 Å². The first kappa shape index (κ1) is 18.7. The highest BCUT2D eigenvalue weighted by Crippen LogP contribution is 2.13. The van der Waals surface area contributed by atoms with Crippen molar-refractivity contribution in [2.75, 3.05) is 20.2 Å². The Morgan fingerprint density at radius 2 is 2.07 bits per heavy atom. The highest BCUT2D eigenvalue weighted by molar-refractivity contribution is 5.79. The molecule has 0 saturated carbocycles. The molecule has 27 heavy (non-hydrogen) atoms. The van der Waals surface area contributed by atoms with Crippen LogP contribution in [0.2, 0.25) is 0 Å². The zero-order valence-electron chi connectivity index (χ0n) is 15.9. The van der Waals surface area contributed by atoms with E-state index >= 15 is 0 Å². The van der Waals surface area contributed by atoms with E-state index < -0.39 is 0 Å².